The second-order valence-electron chi connectivity index (χ2n) is 3.69. The fourth-order valence-corrected chi connectivity index (χ4v) is 1.54. The molecule has 0 nitrogen and oxygen atoms in total. The van der Waals surface area contributed by atoms with E-state index in [-0.39, 0.29) is 0 Å². The van der Waals surface area contributed by atoms with Crippen molar-refractivity contribution < 1.29 is 0 Å². The zero-order valence-corrected chi connectivity index (χ0v) is 7.40. The molecule has 0 aromatic heterocycles. The molecule has 0 aliphatic heterocycles. The average molecular weight is 140 g/mol. The van der Waals surface area contributed by atoms with Crippen LogP contribution < -0.4 is 0 Å². The Morgan fingerprint density at radius 1 is 1.00 bits per heavy atom. The van der Waals surface area contributed by atoms with Gasteiger partial charge in [0.1, 0.15) is 0 Å². The minimum absolute atomic E-state index is 1.23. The first-order valence-corrected chi connectivity index (χ1v) is 4.88. The minimum atomic E-state index is 1.23. The summed E-state index contributed by atoms with van der Waals surface area (Å²) in [7, 11) is 0. The third-order valence-electron chi connectivity index (χ3n) is 2.68. The molecule has 0 N–H and O–H groups in total. The molecule has 0 saturated heterocycles. The van der Waals surface area contributed by atoms with Gasteiger partial charge < -0.3 is 0 Å². The summed E-state index contributed by atoms with van der Waals surface area (Å²) in [6, 6.07) is 0. The summed E-state index contributed by atoms with van der Waals surface area (Å²) in [6.07, 6.45) is 8.78. The highest BCUT2D eigenvalue weighted by molar-refractivity contribution is 4.95. The quantitative estimate of drug-likeness (QED) is 0.549. The van der Waals surface area contributed by atoms with Crippen LogP contribution in [0.15, 0.2) is 0 Å². The Bertz CT molecular complexity index is 72.0. The van der Waals surface area contributed by atoms with Crippen LogP contribution in [-0.2, 0) is 0 Å². The molecule has 2 aliphatic carbocycles. The van der Waals surface area contributed by atoms with E-state index in [0.29, 0.717) is 0 Å². The lowest BCUT2D eigenvalue weighted by Crippen LogP contribution is -1.93. The van der Waals surface area contributed by atoms with Gasteiger partial charge in [-0.05, 0) is 31.1 Å². The molecular weight excluding hydrogens is 120 g/mol. The summed E-state index contributed by atoms with van der Waals surface area (Å²) in [5, 5.41) is 0. The molecule has 0 heteroatoms. The number of hydrogen-bond donors (Lipinski definition) is 0. The van der Waals surface area contributed by atoms with Gasteiger partial charge in [-0.25, -0.2) is 0 Å². The zero-order chi connectivity index (χ0) is 7.40. The van der Waals surface area contributed by atoms with Gasteiger partial charge in [-0.1, -0.05) is 33.1 Å². The van der Waals surface area contributed by atoms with Crippen molar-refractivity contribution in [2.45, 2.75) is 52.4 Å². The van der Waals surface area contributed by atoms with Crippen molar-refractivity contribution in [2.75, 3.05) is 0 Å². The SMILES string of the molecule is C1CC2CC12.CCCCC. The van der Waals surface area contributed by atoms with Gasteiger partial charge in [0.25, 0.3) is 0 Å². The van der Waals surface area contributed by atoms with Gasteiger partial charge in [-0.3, -0.25) is 0 Å². The van der Waals surface area contributed by atoms with Crippen LogP contribution in [0.1, 0.15) is 52.4 Å². The summed E-state index contributed by atoms with van der Waals surface area (Å²) in [4.78, 5) is 0. The topological polar surface area (TPSA) is 0 Å². The van der Waals surface area contributed by atoms with Crippen LogP contribution in [0.2, 0.25) is 0 Å². The van der Waals surface area contributed by atoms with E-state index in [2.05, 4.69) is 13.8 Å². The third-order valence-corrected chi connectivity index (χ3v) is 2.68. The maximum absolute atomic E-state index is 2.21. The molecule has 2 unspecified atom stereocenters. The number of rotatable bonds is 2. The predicted molar refractivity (Wildman–Crippen MR) is 46.0 cm³/mol. The van der Waals surface area contributed by atoms with Gasteiger partial charge in [0.15, 0.2) is 0 Å². The Morgan fingerprint density at radius 2 is 1.50 bits per heavy atom. The molecule has 0 aromatic carbocycles. The summed E-state index contributed by atoms with van der Waals surface area (Å²) in [5.74, 6) is 2.46. The van der Waals surface area contributed by atoms with Crippen molar-refractivity contribution >= 4 is 0 Å². The number of hydrogen-bond acceptors (Lipinski definition) is 0. The van der Waals surface area contributed by atoms with Gasteiger partial charge in [-0.15, -0.1) is 0 Å². The lowest BCUT2D eigenvalue weighted by atomic mass is 10.0. The molecule has 2 atom stereocenters. The van der Waals surface area contributed by atoms with Crippen LogP contribution in [-0.4, -0.2) is 0 Å². The predicted octanol–water partition coefficient (Wildman–Crippen LogP) is 3.61. The van der Waals surface area contributed by atoms with Crippen LogP contribution >= 0.6 is 0 Å². The molecule has 0 amide bonds. The van der Waals surface area contributed by atoms with Crippen molar-refractivity contribution in [3.05, 3.63) is 0 Å². The molecule has 0 bridgehead atoms. The minimum Gasteiger partial charge on any atom is -0.0654 e. The normalized spacial score (nSPS) is 33.0. The van der Waals surface area contributed by atoms with E-state index in [9.17, 15) is 0 Å². The lowest BCUT2D eigenvalue weighted by molar-refractivity contribution is 0.468. The fourth-order valence-electron chi connectivity index (χ4n) is 1.54. The van der Waals surface area contributed by atoms with E-state index in [1.54, 1.807) is 19.3 Å². The highest BCUT2D eigenvalue weighted by Crippen LogP contribution is 2.55. The smallest absolute Gasteiger partial charge is 0.0383 e. The van der Waals surface area contributed by atoms with Crippen LogP contribution in [0.5, 0.6) is 0 Å². The highest BCUT2D eigenvalue weighted by Gasteiger charge is 2.44. The maximum Gasteiger partial charge on any atom is -0.0383 e. The molecule has 2 fully saturated rings. The van der Waals surface area contributed by atoms with E-state index in [4.69, 9.17) is 0 Å². The monoisotopic (exact) mass is 140 g/mol. The van der Waals surface area contributed by atoms with Gasteiger partial charge in [0, 0.05) is 0 Å². The molecular formula is C10H20. The van der Waals surface area contributed by atoms with E-state index < -0.39 is 0 Å². The van der Waals surface area contributed by atoms with E-state index >= 15 is 0 Å². The first kappa shape index (κ1) is 8.10. The van der Waals surface area contributed by atoms with Crippen molar-refractivity contribution in [3.8, 4) is 0 Å². The molecule has 2 saturated carbocycles. The maximum atomic E-state index is 2.21. The number of fused-ring (bicyclic) bond motifs is 1. The average Bonchev–Trinajstić information content (AvgIpc) is 2.43. The summed E-state index contributed by atoms with van der Waals surface area (Å²) in [6.45, 7) is 4.42. The molecule has 0 aromatic rings. The first-order valence-electron chi connectivity index (χ1n) is 4.88. The summed E-state index contributed by atoms with van der Waals surface area (Å²) in [5.41, 5.74) is 0. The Hall–Kier alpha value is 0. The van der Waals surface area contributed by atoms with E-state index in [1.165, 1.54) is 31.1 Å². The van der Waals surface area contributed by atoms with Gasteiger partial charge in [0.05, 0.1) is 0 Å². The van der Waals surface area contributed by atoms with Crippen LogP contribution in [0, 0.1) is 11.8 Å². The van der Waals surface area contributed by atoms with E-state index in [1.807, 2.05) is 0 Å². The molecule has 0 radical (unpaired) electrons. The molecule has 0 heterocycles. The summed E-state index contributed by atoms with van der Waals surface area (Å²) < 4.78 is 0. The van der Waals surface area contributed by atoms with Gasteiger partial charge in [-0.2, -0.15) is 0 Å². The Kier molecular flexibility index (Phi) is 3.24. The van der Waals surface area contributed by atoms with Gasteiger partial charge >= 0.3 is 0 Å². The van der Waals surface area contributed by atoms with Crippen LogP contribution in [0.25, 0.3) is 0 Å². The van der Waals surface area contributed by atoms with Crippen molar-refractivity contribution in [2.24, 2.45) is 11.8 Å². The largest absolute Gasteiger partial charge is 0.0654 e. The second-order valence-corrected chi connectivity index (χ2v) is 3.69. The van der Waals surface area contributed by atoms with Gasteiger partial charge in [0.2, 0.25) is 0 Å². The zero-order valence-electron chi connectivity index (χ0n) is 7.40. The van der Waals surface area contributed by atoms with Crippen LogP contribution in [0.4, 0.5) is 0 Å². The molecule has 10 heavy (non-hydrogen) atoms. The molecule has 60 valence electrons. The Morgan fingerprint density at radius 3 is 1.50 bits per heavy atom. The standard InChI is InChI=1S/C5H8.C5H12/c1-2-5-3-4(1)5;1-3-5-4-2/h4-5H,1-3H2;3-5H2,1-2H3. The molecule has 2 aliphatic rings. The van der Waals surface area contributed by atoms with E-state index in [0.717, 1.165) is 0 Å². The molecule has 2 rings (SSSR count). The second kappa shape index (κ2) is 4.00. The highest BCUT2D eigenvalue weighted by atomic mass is 14.5. The number of unbranched alkanes of at least 4 members (excludes halogenated alkanes) is 2. The third kappa shape index (κ3) is 2.32. The van der Waals surface area contributed by atoms with Crippen molar-refractivity contribution in [3.63, 3.8) is 0 Å². The van der Waals surface area contributed by atoms with Crippen LogP contribution in [0.3, 0.4) is 0 Å². The van der Waals surface area contributed by atoms with Crippen molar-refractivity contribution in [1.82, 2.24) is 0 Å². The fraction of sp³-hybridized carbons (Fsp3) is 1.00. The Labute approximate surface area is 65.0 Å². The Balaban J connectivity index is 0.0000001000. The van der Waals surface area contributed by atoms with Crippen molar-refractivity contribution in [1.29, 1.82) is 0 Å². The summed E-state index contributed by atoms with van der Waals surface area (Å²) >= 11 is 0. The first-order chi connectivity index (χ1) is 4.88. The lowest BCUT2D eigenvalue weighted by Gasteiger charge is -2.04. The molecule has 0 spiro atoms.